The first-order valence-corrected chi connectivity index (χ1v) is 11.2. The molecule has 6 heteroatoms. The number of nitrogens with zero attached hydrogens (tertiary/aromatic N) is 2. The number of β-amino-alcohol motifs (C(OH)–C–C–N with tert-alkyl or cyclic N) is 1. The fourth-order valence-corrected chi connectivity index (χ4v) is 4.89. The van der Waals surface area contributed by atoms with Gasteiger partial charge in [-0.2, -0.15) is 0 Å². The highest BCUT2D eigenvalue weighted by Gasteiger charge is 2.27. The molecule has 1 aromatic rings. The Bertz CT molecular complexity index is 652. The SMILES string of the molecule is CC1CN(CC2CCN(CC(O)c3ccc4c(c3)OCCCO4)CC2)CC(C)O1. The third-order valence-electron chi connectivity index (χ3n) is 6.31. The number of aliphatic hydroxyl groups excluding tert-OH is 1. The van der Waals surface area contributed by atoms with Crippen LogP contribution in [0.4, 0.5) is 0 Å². The zero-order valence-corrected chi connectivity index (χ0v) is 17.9. The van der Waals surface area contributed by atoms with Crippen molar-refractivity contribution in [3.8, 4) is 11.5 Å². The molecule has 3 unspecified atom stereocenters. The Morgan fingerprint density at radius 3 is 2.41 bits per heavy atom. The number of benzene rings is 1. The van der Waals surface area contributed by atoms with Crippen LogP contribution < -0.4 is 9.47 Å². The molecular formula is C23H36N2O4. The number of aliphatic hydroxyl groups is 1. The Morgan fingerprint density at radius 2 is 1.69 bits per heavy atom. The van der Waals surface area contributed by atoms with Gasteiger partial charge in [0.25, 0.3) is 0 Å². The molecule has 3 atom stereocenters. The number of hydrogen-bond donors (Lipinski definition) is 1. The van der Waals surface area contributed by atoms with Crippen LogP contribution in [0.3, 0.4) is 0 Å². The van der Waals surface area contributed by atoms with Crippen molar-refractivity contribution in [2.45, 2.75) is 51.4 Å². The molecule has 3 aliphatic heterocycles. The van der Waals surface area contributed by atoms with Crippen molar-refractivity contribution in [3.63, 3.8) is 0 Å². The summed E-state index contributed by atoms with van der Waals surface area (Å²) in [7, 11) is 0. The summed E-state index contributed by atoms with van der Waals surface area (Å²) in [6, 6.07) is 5.83. The summed E-state index contributed by atoms with van der Waals surface area (Å²) < 4.78 is 17.3. The molecule has 0 saturated carbocycles. The third kappa shape index (κ3) is 5.63. The van der Waals surface area contributed by atoms with Crippen molar-refractivity contribution in [1.82, 2.24) is 9.80 Å². The van der Waals surface area contributed by atoms with Crippen LogP contribution in [0.15, 0.2) is 18.2 Å². The fourth-order valence-electron chi connectivity index (χ4n) is 4.89. The number of morpholine rings is 1. The lowest BCUT2D eigenvalue weighted by atomic mass is 9.95. The van der Waals surface area contributed by atoms with Gasteiger partial charge in [0.2, 0.25) is 0 Å². The van der Waals surface area contributed by atoms with Gasteiger partial charge >= 0.3 is 0 Å². The van der Waals surface area contributed by atoms with Gasteiger partial charge < -0.3 is 24.2 Å². The zero-order chi connectivity index (χ0) is 20.2. The fraction of sp³-hybridized carbons (Fsp3) is 0.739. The van der Waals surface area contributed by atoms with Gasteiger partial charge in [-0.3, -0.25) is 4.90 Å². The Kier molecular flexibility index (Phi) is 6.96. The summed E-state index contributed by atoms with van der Waals surface area (Å²) in [5.41, 5.74) is 0.910. The van der Waals surface area contributed by atoms with Crippen molar-refractivity contribution < 1.29 is 19.3 Å². The molecule has 0 spiro atoms. The minimum Gasteiger partial charge on any atom is -0.490 e. The van der Waals surface area contributed by atoms with E-state index in [1.165, 1.54) is 19.4 Å². The zero-order valence-electron chi connectivity index (χ0n) is 17.9. The molecule has 29 heavy (non-hydrogen) atoms. The average molecular weight is 405 g/mol. The van der Waals surface area contributed by atoms with Crippen LogP contribution >= 0.6 is 0 Å². The molecule has 1 N–H and O–H groups in total. The van der Waals surface area contributed by atoms with Gasteiger partial charge in [-0.25, -0.2) is 0 Å². The average Bonchev–Trinajstić information content (AvgIpc) is 2.93. The Hall–Kier alpha value is -1.34. The summed E-state index contributed by atoms with van der Waals surface area (Å²) in [4.78, 5) is 4.97. The van der Waals surface area contributed by atoms with Gasteiger partial charge in [0, 0.05) is 32.6 Å². The highest BCUT2D eigenvalue weighted by Crippen LogP contribution is 2.33. The van der Waals surface area contributed by atoms with Crippen LogP contribution in [0, 0.1) is 5.92 Å². The lowest BCUT2D eigenvalue weighted by Crippen LogP contribution is -2.48. The molecule has 4 rings (SSSR count). The normalized spacial score (nSPS) is 28.1. The second-order valence-corrected chi connectivity index (χ2v) is 8.99. The monoisotopic (exact) mass is 404 g/mol. The molecule has 0 bridgehead atoms. The van der Waals surface area contributed by atoms with Gasteiger partial charge in [0.1, 0.15) is 0 Å². The van der Waals surface area contributed by atoms with Crippen molar-refractivity contribution in [2.24, 2.45) is 5.92 Å². The summed E-state index contributed by atoms with van der Waals surface area (Å²) >= 11 is 0. The van der Waals surface area contributed by atoms with Gasteiger partial charge in [0.15, 0.2) is 11.5 Å². The number of fused-ring (bicyclic) bond motifs is 1. The number of ether oxygens (including phenoxy) is 3. The molecule has 3 aliphatic rings. The van der Waals surface area contributed by atoms with E-state index in [4.69, 9.17) is 14.2 Å². The van der Waals surface area contributed by atoms with Crippen molar-refractivity contribution in [3.05, 3.63) is 23.8 Å². The van der Waals surface area contributed by atoms with E-state index in [2.05, 4.69) is 23.6 Å². The molecule has 0 amide bonds. The molecule has 162 valence electrons. The van der Waals surface area contributed by atoms with Gasteiger partial charge in [-0.15, -0.1) is 0 Å². The maximum absolute atomic E-state index is 10.8. The van der Waals surface area contributed by atoms with E-state index in [0.717, 1.165) is 55.6 Å². The van der Waals surface area contributed by atoms with Crippen molar-refractivity contribution in [1.29, 1.82) is 0 Å². The summed E-state index contributed by atoms with van der Waals surface area (Å²) in [6.07, 6.45) is 3.48. The Morgan fingerprint density at radius 1 is 1.00 bits per heavy atom. The van der Waals surface area contributed by atoms with E-state index in [9.17, 15) is 5.11 Å². The quantitative estimate of drug-likeness (QED) is 0.814. The van der Waals surface area contributed by atoms with E-state index in [1.807, 2.05) is 18.2 Å². The highest BCUT2D eigenvalue weighted by atomic mass is 16.5. The highest BCUT2D eigenvalue weighted by molar-refractivity contribution is 5.44. The molecule has 0 aliphatic carbocycles. The predicted octanol–water partition coefficient (Wildman–Crippen LogP) is 2.70. The number of rotatable bonds is 5. The van der Waals surface area contributed by atoms with E-state index in [0.29, 0.717) is 32.0 Å². The summed E-state index contributed by atoms with van der Waals surface area (Å²) in [5, 5.41) is 10.8. The first-order chi connectivity index (χ1) is 14.1. The topological polar surface area (TPSA) is 54.4 Å². The van der Waals surface area contributed by atoms with Crippen LogP contribution in [-0.2, 0) is 4.74 Å². The maximum atomic E-state index is 10.8. The van der Waals surface area contributed by atoms with Crippen molar-refractivity contribution in [2.75, 3.05) is 52.5 Å². The van der Waals surface area contributed by atoms with Gasteiger partial charge in [0.05, 0.1) is 31.5 Å². The van der Waals surface area contributed by atoms with Gasteiger partial charge in [-0.1, -0.05) is 6.07 Å². The molecule has 1 aromatic carbocycles. The first kappa shape index (κ1) is 20.9. The Balaban J connectivity index is 1.25. The van der Waals surface area contributed by atoms with Gasteiger partial charge in [-0.05, 0) is 63.4 Å². The smallest absolute Gasteiger partial charge is 0.161 e. The third-order valence-corrected chi connectivity index (χ3v) is 6.31. The Labute approximate surface area is 174 Å². The standard InChI is InChI=1S/C23H36N2O4/c1-17-13-25(14-18(2)29-17)15-19-6-8-24(9-7-19)16-21(26)20-4-5-22-23(12-20)28-11-3-10-27-22/h4-5,12,17-19,21,26H,3,6-11,13-16H2,1-2H3. The molecule has 0 radical (unpaired) electrons. The molecular weight excluding hydrogens is 368 g/mol. The molecule has 2 fully saturated rings. The van der Waals surface area contributed by atoms with E-state index < -0.39 is 6.10 Å². The van der Waals surface area contributed by atoms with E-state index >= 15 is 0 Å². The van der Waals surface area contributed by atoms with E-state index in [1.54, 1.807) is 0 Å². The minimum atomic E-state index is -0.496. The van der Waals surface area contributed by atoms with E-state index in [-0.39, 0.29) is 0 Å². The number of hydrogen-bond acceptors (Lipinski definition) is 6. The second kappa shape index (κ2) is 9.65. The van der Waals surface area contributed by atoms with Crippen LogP contribution in [0.25, 0.3) is 0 Å². The van der Waals surface area contributed by atoms with Crippen LogP contribution in [0.2, 0.25) is 0 Å². The van der Waals surface area contributed by atoms with Crippen LogP contribution in [0.1, 0.15) is 44.8 Å². The number of piperidine rings is 1. The van der Waals surface area contributed by atoms with Crippen molar-refractivity contribution >= 4 is 0 Å². The molecule has 6 nitrogen and oxygen atoms in total. The minimum absolute atomic E-state index is 0.337. The van der Waals surface area contributed by atoms with Crippen LogP contribution in [-0.4, -0.2) is 79.6 Å². The summed E-state index contributed by atoms with van der Waals surface area (Å²) in [5.74, 6) is 2.29. The summed E-state index contributed by atoms with van der Waals surface area (Å²) in [6.45, 7) is 11.8. The predicted molar refractivity (Wildman–Crippen MR) is 113 cm³/mol. The second-order valence-electron chi connectivity index (χ2n) is 8.99. The maximum Gasteiger partial charge on any atom is 0.161 e. The molecule has 2 saturated heterocycles. The number of likely N-dealkylation sites (tertiary alicyclic amines) is 1. The lowest BCUT2D eigenvalue weighted by molar-refractivity contribution is -0.0734. The largest absolute Gasteiger partial charge is 0.490 e. The molecule has 0 aromatic heterocycles. The lowest BCUT2D eigenvalue weighted by Gasteiger charge is -2.39. The van der Waals surface area contributed by atoms with Crippen LogP contribution in [0.5, 0.6) is 11.5 Å². The molecule has 3 heterocycles. The first-order valence-electron chi connectivity index (χ1n) is 11.2.